The van der Waals surface area contributed by atoms with Gasteiger partial charge < -0.3 is 4.90 Å². The first-order valence-corrected chi connectivity index (χ1v) is 4.73. The maximum atomic E-state index is 11.4. The van der Waals surface area contributed by atoms with Gasteiger partial charge in [0.25, 0.3) is 0 Å². The Labute approximate surface area is 90.5 Å². The molecular formula is C13H15NO. The zero-order valence-corrected chi connectivity index (χ0v) is 9.16. The molecule has 0 aliphatic rings. The van der Waals surface area contributed by atoms with Gasteiger partial charge in [0.05, 0.1) is 0 Å². The van der Waals surface area contributed by atoms with Crippen LogP contribution in [0.4, 0.5) is 5.69 Å². The number of likely N-dealkylation sites (N-methyl/N-ethyl adjacent to an activating group) is 1. The van der Waals surface area contributed by atoms with Gasteiger partial charge in [-0.15, -0.1) is 0 Å². The molecule has 0 saturated heterocycles. The van der Waals surface area contributed by atoms with Gasteiger partial charge in [0.1, 0.15) is 0 Å². The van der Waals surface area contributed by atoms with E-state index in [9.17, 15) is 4.79 Å². The number of benzene rings is 1. The predicted molar refractivity (Wildman–Crippen MR) is 64.9 cm³/mol. The zero-order chi connectivity index (χ0) is 11.4. The van der Waals surface area contributed by atoms with Crippen molar-refractivity contribution in [2.24, 2.45) is 0 Å². The lowest BCUT2D eigenvalue weighted by Crippen LogP contribution is -2.23. The number of carbonyl (C=O) groups excluding carboxylic acids is 1. The van der Waals surface area contributed by atoms with Crippen LogP contribution in [0.15, 0.2) is 37.4 Å². The number of hydrogen-bond donors (Lipinski definition) is 0. The lowest BCUT2D eigenvalue weighted by atomic mass is 10.1. The first-order chi connectivity index (χ1) is 7.10. The Morgan fingerprint density at radius 2 is 2.07 bits per heavy atom. The van der Waals surface area contributed by atoms with E-state index >= 15 is 0 Å². The molecule has 1 rings (SSSR count). The number of amides is 1. The standard InChI is InChI=1S/C13H15NO/c1-5-11-7-8-12(9-10(11)3)14(4)13(15)6-2/h5-9H,1-2H2,3-4H3. The summed E-state index contributed by atoms with van der Waals surface area (Å²) in [6, 6.07) is 5.80. The minimum atomic E-state index is -0.110. The van der Waals surface area contributed by atoms with Crippen molar-refractivity contribution in [1.29, 1.82) is 0 Å². The van der Waals surface area contributed by atoms with Gasteiger partial charge in [0.15, 0.2) is 0 Å². The Morgan fingerprint density at radius 3 is 2.53 bits per heavy atom. The van der Waals surface area contributed by atoms with Gasteiger partial charge in [-0.2, -0.15) is 0 Å². The minimum Gasteiger partial charge on any atom is -0.312 e. The van der Waals surface area contributed by atoms with Crippen LogP contribution < -0.4 is 4.90 Å². The van der Waals surface area contributed by atoms with E-state index in [-0.39, 0.29) is 5.91 Å². The van der Waals surface area contributed by atoms with E-state index < -0.39 is 0 Å². The van der Waals surface area contributed by atoms with Crippen LogP contribution in [0.25, 0.3) is 6.08 Å². The number of anilines is 1. The van der Waals surface area contributed by atoms with Crippen molar-refractivity contribution in [2.75, 3.05) is 11.9 Å². The number of aryl methyl sites for hydroxylation is 1. The summed E-state index contributed by atoms with van der Waals surface area (Å²) in [6.45, 7) is 9.17. The molecular weight excluding hydrogens is 186 g/mol. The van der Waals surface area contributed by atoms with Crippen LogP contribution >= 0.6 is 0 Å². The second-order valence-corrected chi connectivity index (χ2v) is 3.35. The summed E-state index contributed by atoms with van der Waals surface area (Å²) in [5, 5.41) is 0. The highest BCUT2D eigenvalue weighted by Gasteiger charge is 2.07. The fourth-order valence-electron chi connectivity index (χ4n) is 1.36. The lowest BCUT2D eigenvalue weighted by molar-refractivity contribution is -0.113. The molecule has 1 aromatic rings. The molecule has 2 nitrogen and oxygen atoms in total. The molecule has 2 heteroatoms. The molecule has 0 spiro atoms. The zero-order valence-electron chi connectivity index (χ0n) is 9.16. The fourth-order valence-corrected chi connectivity index (χ4v) is 1.36. The van der Waals surface area contributed by atoms with Gasteiger partial charge >= 0.3 is 0 Å². The summed E-state index contributed by atoms with van der Waals surface area (Å²) in [4.78, 5) is 12.9. The van der Waals surface area contributed by atoms with E-state index in [2.05, 4.69) is 13.2 Å². The highest BCUT2D eigenvalue weighted by Crippen LogP contribution is 2.19. The molecule has 0 fully saturated rings. The molecule has 0 radical (unpaired) electrons. The molecule has 78 valence electrons. The molecule has 0 aromatic heterocycles. The maximum Gasteiger partial charge on any atom is 0.250 e. The number of carbonyl (C=O) groups is 1. The van der Waals surface area contributed by atoms with E-state index in [1.807, 2.05) is 25.1 Å². The molecule has 0 saturated carbocycles. The number of hydrogen-bond acceptors (Lipinski definition) is 1. The van der Waals surface area contributed by atoms with Gasteiger partial charge in [-0.3, -0.25) is 4.79 Å². The quantitative estimate of drug-likeness (QED) is 0.688. The van der Waals surface area contributed by atoms with E-state index in [4.69, 9.17) is 0 Å². The SMILES string of the molecule is C=CC(=O)N(C)c1ccc(C=C)c(C)c1. The lowest BCUT2D eigenvalue weighted by Gasteiger charge is -2.16. The van der Waals surface area contributed by atoms with E-state index in [1.54, 1.807) is 18.0 Å². The monoisotopic (exact) mass is 201 g/mol. The van der Waals surface area contributed by atoms with Crippen molar-refractivity contribution in [3.8, 4) is 0 Å². The van der Waals surface area contributed by atoms with Gasteiger partial charge in [0.2, 0.25) is 5.91 Å². The van der Waals surface area contributed by atoms with Crippen LogP contribution in [0.2, 0.25) is 0 Å². The first-order valence-electron chi connectivity index (χ1n) is 4.73. The Hall–Kier alpha value is -1.83. The second-order valence-electron chi connectivity index (χ2n) is 3.35. The van der Waals surface area contributed by atoms with E-state index in [0.29, 0.717) is 0 Å². The Morgan fingerprint density at radius 1 is 1.40 bits per heavy atom. The van der Waals surface area contributed by atoms with Gasteiger partial charge in [-0.05, 0) is 36.3 Å². The Balaban J connectivity index is 3.06. The van der Waals surface area contributed by atoms with Crippen LogP contribution in [-0.2, 0) is 4.79 Å². The highest BCUT2D eigenvalue weighted by atomic mass is 16.2. The van der Waals surface area contributed by atoms with Crippen LogP contribution in [0, 0.1) is 6.92 Å². The third kappa shape index (κ3) is 2.34. The molecule has 0 bridgehead atoms. The average Bonchev–Trinajstić information content (AvgIpc) is 2.26. The largest absolute Gasteiger partial charge is 0.312 e. The summed E-state index contributed by atoms with van der Waals surface area (Å²) in [6.07, 6.45) is 3.10. The smallest absolute Gasteiger partial charge is 0.250 e. The van der Waals surface area contributed by atoms with Crippen LogP contribution in [0.1, 0.15) is 11.1 Å². The Bertz CT molecular complexity index is 407. The normalized spacial score (nSPS) is 9.47. The van der Waals surface area contributed by atoms with Crippen LogP contribution in [0.5, 0.6) is 0 Å². The molecule has 0 aliphatic heterocycles. The molecule has 0 N–H and O–H groups in total. The summed E-state index contributed by atoms with van der Waals surface area (Å²) in [5.74, 6) is -0.110. The van der Waals surface area contributed by atoms with Gasteiger partial charge in [-0.25, -0.2) is 0 Å². The maximum absolute atomic E-state index is 11.4. The average molecular weight is 201 g/mol. The molecule has 1 aromatic carbocycles. The summed E-state index contributed by atoms with van der Waals surface area (Å²) in [5.41, 5.74) is 3.05. The van der Waals surface area contributed by atoms with Crippen LogP contribution in [-0.4, -0.2) is 13.0 Å². The molecule has 1 amide bonds. The van der Waals surface area contributed by atoms with Crippen molar-refractivity contribution in [3.05, 3.63) is 48.6 Å². The molecule has 0 heterocycles. The second kappa shape index (κ2) is 4.60. The number of rotatable bonds is 3. The number of nitrogens with zero attached hydrogens (tertiary/aromatic N) is 1. The molecule has 15 heavy (non-hydrogen) atoms. The summed E-state index contributed by atoms with van der Waals surface area (Å²) >= 11 is 0. The summed E-state index contributed by atoms with van der Waals surface area (Å²) in [7, 11) is 1.73. The van der Waals surface area contributed by atoms with Crippen LogP contribution in [0.3, 0.4) is 0 Å². The van der Waals surface area contributed by atoms with E-state index in [1.165, 1.54) is 6.08 Å². The van der Waals surface area contributed by atoms with Gasteiger partial charge in [-0.1, -0.05) is 25.3 Å². The summed E-state index contributed by atoms with van der Waals surface area (Å²) < 4.78 is 0. The Kier molecular flexibility index (Phi) is 3.45. The van der Waals surface area contributed by atoms with Crippen molar-refractivity contribution < 1.29 is 4.79 Å². The van der Waals surface area contributed by atoms with Crippen molar-refractivity contribution in [1.82, 2.24) is 0 Å². The molecule has 0 aliphatic carbocycles. The van der Waals surface area contributed by atoms with Crippen molar-refractivity contribution in [2.45, 2.75) is 6.92 Å². The fraction of sp³-hybridized carbons (Fsp3) is 0.154. The molecule has 0 unspecified atom stereocenters. The van der Waals surface area contributed by atoms with E-state index in [0.717, 1.165) is 16.8 Å². The topological polar surface area (TPSA) is 20.3 Å². The third-order valence-corrected chi connectivity index (χ3v) is 2.37. The third-order valence-electron chi connectivity index (χ3n) is 2.37. The molecule has 0 atom stereocenters. The first kappa shape index (κ1) is 11.2. The van der Waals surface area contributed by atoms with Crippen molar-refractivity contribution in [3.63, 3.8) is 0 Å². The van der Waals surface area contributed by atoms with Gasteiger partial charge in [0, 0.05) is 12.7 Å². The predicted octanol–water partition coefficient (Wildman–Crippen LogP) is 2.79. The minimum absolute atomic E-state index is 0.110. The van der Waals surface area contributed by atoms with Crippen molar-refractivity contribution >= 4 is 17.7 Å². The highest BCUT2D eigenvalue weighted by molar-refractivity contribution is 6.00.